The molecule has 0 radical (unpaired) electrons. The zero-order chi connectivity index (χ0) is 17.4. The van der Waals surface area contributed by atoms with Crippen molar-refractivity contribution in [1.29, 1.82) is 0 Å². The molecule has 4 unspecified atom stereocenters. The number of nitrogens with zero attached hydrogens (tertiary/aromatic N) is 2. The number of aromatic nitrogens is 2. The number of aryl methyl sites for hydroxylation is 1. The predicted octanol–water partition coefficient (Wildman–Crippen LogP) is 3.07. The van der Waals surface area contributed by atoms with Crippen LogP contribution in [0.5, 0.6) is 5.75 Å². The van der Waals surface area contributed by atoms with Crippen LogP contribution in [0.1, 0.15) is 43.1 Å². The van der Waals surface area contributed by atoms with E-state index in [-0.39, 0.29) is 17.9 Å². The van der Waals surface area contributed by atoms with E-state index in [2.05, 4.69) is 10.3 Å². The zero-order valence-corrected chi connectivity index (χ0v) is 14.8. The number of fused-ring (bicyclic) bond motifs is 2. The van der Waals surface area contributed by atoms with Gasteiger partial charge in [0.25, 0.3) is 0 Å². The Hall–Kier alpha value is -2.30. The number of ether oxygens (including phenoxy) is 1. The average molecular weight is 339 g/mol. The van der Waals surface area contributed by atoms with Crippen molar-refractivity contribution in [3.8, 4) is 5.75 Å². The molecule has 2 fully saturated rings. The Morgan fingerprint density at radius 2 is 2.24 bits per heavy atom. The van der Waals surface area contributed by atoms with E-state index < -0.39 is 0 Å². The molecule has 5 heteroatoms. The predicted molar refractivity (Wildman–Crippen MR) is 95.1 cm³/mol. The Kier molecular flexibility index (Phi) is 4.24. The Morgan fingerprint density at radius 3 is 2.88 bits per heavy atom. The molecule has 0 saturated heterocycles. The first-order valence-corrected chi connectivity index (χ1v) is 9.07. The molecule has 25 heavy (non-hydrogen) atoms. The number of imidazole rings is 1. The minimum Gasteiger partial charge on any atom is -0.497 e. The van der Waals surface area contributed by atoms with Gasteiger partial charge in [-0.25, -0.2) is 4.98 Å². The highest BCUT2D eigenvalue weighted by Gasteiger charge is 2.43. The molecule has 1 aromatic carbocycles. The summed E-state index contributed by atoms with van der Waals surface area (Å²) in [6.45, 7) is 0. The molecule has 1 heterocycles. The van der Waals surface area contributed by atoms with E-state index in [4.69, 9.17) is 4.74 Å². The molecule has 132 valence electrons. The van der Waals surface area contributed by atoms with Crippen molar-refractivity contribution < 1.29 is 9.53 Å². The monoisotopic (exact) mass is 339 g/mol. The van der Waals surface area contributed by atoms with E-state index in [1.807, 2.05) is 42.1 Å². The molecular weight excluding hydrogens is 314 g/mol. The summed E-state index contributed by atoms with van der Waals surface area (Å²) in [5, 5.41) is 3.28. The van der Waals surface area contributed by atoms with Gasteiger partial charge in [0.15, 0.2) is 0 Å². The Labute approximate surface area is 148 Å². The van der Waals surface area contributed by atoms with Gasteiger partial charge in [-0.3, -0.25) is 4.79 Å². The van der Waals surface area contributed by atoms with Crippen molar-refractivity contribution in [1.82, 2.24) is 14.9 Å². The maximum absolute atomic E-state index is 13.0. The minimum absolute atomic E-state index is 0.159. The highest BCUT2D eigenvalue weighted by atomic mass is 16.5. The van der Waals surface area contributed by atoms with Crippen LogP contribution in [0.4, 0.5) is 0 Å². The molecule has 2 saturated carbocycles. The van der Waals surface area contributed by atoms with Crippen molar-refractivity contribution in [2.75, 3.05) is 7.11 Å². The van der Waals surface area contributed by atoms with Crippen LogP contribution in [0.15, 0.2) is 36.7 Å². The van der Waals surface area contributed by atoms with Crippen LogP contribution in [0.3, 0.4) is 0 Å². The van der Waals surface area contributed by atoms with E-state index >= 15 is 0 Å². The second kappa shape index (κ2) is 6.54. The van der Waals surface area contributed by atoms with Crippen molar-refractivity contribution in [2.24, 2.45) is 24.8 Å². The van der Waals surface area contributed by atoms with Crippen molar-refractivity contribution in [3.05, 3.63) is 48.0 Å². The molecule has 4 atom stereocenters. The maximum Gasteiger partial charge on any atom is 0.224 e. The molecule has 2 aliphatic rings. The molecule has 2 bridgehead atoms. The van der Waals surface area contributed by atoms with Gasteiger partial charge in [-0.1, -0.05) is 18.6 Å². The lowest BCUT2D eigenvalue weighted by Gasteiger charge is -2.25. The Bertz CT molecular complexity index is 770. The topological polar surface area (TPSA) is 56.1 Å². The van der Waals surface area contributed by atoms with Crippen LogP contribution in [0.25, 0.3) is 0 Å². The molecule has 0 spiro atoms. The van der Waals surface area contributed by atoms with Crippen LogP contribution in [0.2, 0.25) is 0 Å². The Morgan fingerprint density at radius 1 is 1.36 bits per heavy atom. The van der Waals surface area contributed by atoms with Gasteiger partial charge in [0, 0.05) is 25.4 Å². The quantitative estimate of drug-likeness (QED) is 0.911. The fraction of sp³-hybridized carbons (Fsp3) is 0.500. The summed E-state index contributed by atoms with van der Waals surface area (Å²) in [7, 11) is 3.61. The largest absolute Gasteiger partial charge is 0.497 e. The van der Waals surface area contributed by atoms with Gasteiger partial charge in [-0.05, 0) is 48.8 Å². The van der Waals surface area contributed by atoms with Crippen molar-refractivity contribution in [3.63, 3.8) is 0 Å². The summed E-state index contributed by atoms with van der Waals surface area (Å²) in [5.74, 6) is 3.27. The minimum atomic E-state index is -0.262. The number of rotatable bonds is 5. The smallest absolute Gasteiger partial charge is 0.224 e. The van der Waals surface area contributed by atoms with Gasteiger partial charge in [-0.2, -0.15) is 0 Å². The van der Waals surface area contributed by atoms with E-state index in [0.29, 0.717) is 5.92 Å². The third kappa shape index (κ3) is 3.03. The lowest BCUT2D eigenvalue weighted by Crippen LogP contribution is -2.37. The van der Waals surface area contributed by atoms with Gasteiger partial charge < -0.3 is 14.6 Å². The number of carbonyl (C=O) groups is 1. The van der Waals surface area contributed by atoms with Crippen LogP contribution < -0.4 is 10.1 Å². The standard InChI is InChI=1S/C20H25N3O2/c1-23-9-8-21-19(23)18(15-4-3-5-16(12-15)25-2)22-20(24)17-11-13-6-7-14(17)10-13/h3-5,8-9,12-14,17-18H,6-7,10-11H2,1-2H3,(H,22,24). The molecule has 2 aliphatic carbocycles. The first-order valence-electron chi connectivity index (χ1n) is 9.07. The summed E-state index contributed by atoms with van der Waals surface area (Å²) in [4.78, 5) is 17.5. The van der Waals surface area contributed by atoms with Crippen LogP contribution in [0, 0.1) is 17.8 Å². The fourth-order valence-electron chi connectivity index (χ4n) is 4.59. The van der Waals surface area contributed by atoms with Crippen molar-refractivity contribution >= 4 is 5.91 Å². The molecule has 1 aromatic heterocycles. The molecule has 1 N–H and O–H groups in total. The van der Waals surface area contributed by atoms with Crippen LogP contribution in [-0.4, -0.2) is 22.6 Å². The molecular formula is C20H25N3O2. The van der Waals surface area contributed by atoms with E-state index in [9.17, 15) is 4.79 Å². The highest BCUT2D eigenvalue weighted by molar-refractivity contribution is 5.80. The summed E-state index contributed by atoms with van der Waals surface area (Å²) in [6.07, 6.45) is 8.45. The summed E-state index contributed by atoms with van der Waals surface area (Å²) in [6, 6.07) is 7.59. The van der Waals surface area contributed by atoms with E-state index in [1.54, 1.807) is 13.3 Å². The fourth-order valence-corrected chi connectivity index (χ4v) is 4.59. The summed E-state index contributed by atoms with van der Waals surface area (Å²) in [5.41, 5.74) is 0.991. The third-order valence-corrected chi connectivity index (χ3v) is 5.91. The van der Waals surface area contributed by atoms with E-state index in [0.717, 1.165) is 29.5 Å². The highest BCUT2D eigenvalue weighted by Crippen LogP contribution is 2.48. The number of hydrogen-bond acceptors (Lipinski definition) is 3. The lowest BCUT2D eigenvalue weighted by atomic mass is 9.88. The summed E-state index contributed by atoms with van der Waals surface area (Å²) >= 11 is 0. The molecule has 2 aromatic rings. The van der Waals surface area contributed by atoms with Gasteiger partial charge in [0.2, 0.25) is 5.91 Å². The maximum atomic E-state index is 13.0. The van der Waals surface area contributed by atoms with Gasteiger partial charge >= 0.3 is 0 Å². The second-order valence-corrected chi connectivity index (χ2v) is 7.40. The Balaban J connectivity index is 1.61. The molecule has 4 rings (SSSR count). The third-order valence-electron chi connectivity index (χ3n) is 5.91. The first-order chi connectivity index (χ1) is 12.2. The summed E-state index contributed by atoms with van der Waals surface area (Å²) < 4.78 is 7.32. The number of carbonyl (C=O) groups excluding carboxylic acids is 1. The van der Waals surface area contributed by atoms with Crippen LogP contribution >= 0.6 is 0 Å². The molecule has 0 aliphatic heterocycles. The number of hydrogen-bond donors (Lipinski definition) is 1. The first kappa shape index (κ1) is 16.2. The number of nitrogens with one attached hydrogen (secondary N) is 1. The van der Waals surface area contributed by atoms with Gasteiger partial charge in [0.1, 0.15) is 17.6 Å². The lowest BCUT2D eigenvalue weighted by molar-refractivity contribution is -0.127. The molecule has 1 amide bonds. The zero-order valence-electron chi connectivity index (χ0n) is 14.8. The van der Waals surface area contributed by atoms with E-state index in [1.165, 1.54) is 19.3 Å². The van der Waals surface area contributed by atoms with Gasteiger partial charge in [-0.15, -0.1) is 0 Å². The number of benzene rings is 1. The second-order valence-electron chi connectivity index (χ2n) is 7.40. The average Bonchev–Trinajstić information content (AvgIpc) is 3.36. The SMILES string of the molecule is COc1cccc(C(NC(=O)C2CC3CCC2C3)c2nccn2C)c1. The number of amides is 1. The molecule has 5 nitrogen and oxygen atoms in total. The van der Waals surface area contributed by atoms with Crippen molar-refractivity contribution in [2.45, 2.75) is 31.7 Å². The normalized spacial score (nSPS) is 25.8. The van der Waals surface area contributed by atoms with Crippen LogP contribution in [-0.2, 0) is 11.8 Å². The van der Waals surface area contributed by atoms with Gasteiger partial charge in [0.05, 0.1) is 7.11 Å². The number of methoxy groups -OCH3 is 1.